The predicted octanol–water partition coefficient (Wildman–Crippen LogP) is 1.94. The average molecular weight is 297 g/mol. The van der Waals surface area contributed by atoms with Crippen molar-refractivity contribution in [2.75, 3.05) is 32.5 Å². The summed E-state index contributed by atoms with van der Waals surface area (Å²) >= 11 is 6.12. The predicted molar refractivity (Wildman–Crippen MR) is 81.4 cm³/mol. The van der Waals surface area contributed by atoms with Gasteiger partial charge in [0.15, 0.2) is 0 Å². The van der Waals surface area contributed by atoms with E-state index in [0.717, 1.165) is 0 Å². The van der Waals surface area contributed by atoms with Crippen molar-refractivity contribution in [3.05, 3.63) is 22.8 Å². The van der Waals surface area contributed by atoms with E-state index < -0.39 is 0 Å². The first-order chi connectivity index (χ1) is 9.43. The average Bonchev–Trinajstić information content (AvgIpc) is 2.44. The number of nitrogens with one attached hydrogen (secondary N) is 1. The second-order valence-corrected chi connectivity index (χ2v) is 5.78. The number of carbonyl (C=O) groups excluding carboxylic acids is 1. The van der Waals surface area contributed by atoms with E-state index >= 15 is 0 Å². The van der Waals surface area contributed by atoms with Crippen LogP contribution >= 0.6 is 11.6 Å². The maximum absolute atomic E-state index is 12.7. The fraction of sp³-hybridized carbons (Fsp3) is 0.571. The molecule has 2 atom stereocenters. The number of halogens is 1. The van der Waals surface area contributed by atoms with Crippen LogP contribution in [0.3, 0.4) is 0 Å². The summed E-state index contributed by atoms with van der Waals surface area (Å²) in [6.07, 6.45) is 1.52. The molecule has 1 saturated heterocycles. The van der Waals surface area contributed by atoms with Gasteiger partial charge in [-0.15, -0.1) is 0 Å². The number of hydrogen-bond donors (Lipinski definition) is 1. The van der Waals surface area contributed by atoms with Crippen LogP contribution in [0, 0.1) is 0 Å². The number of pyridine rings is 1. The molecule has 2 rings (SSSR count). The van der Waals surface area contributed by atoms with Gasteiger partial charge in [0, 0.05) is 38.4 Å². The zero-order chi connectivity index (χ0) is 14.9. The van der Waals surface area contributed by atoms with Gasteiger partial charge in [0.05, 0.1) is 10.6 Å². The molecule has 0 aromatic carbocycles. The Balaban J connectivity index is 2.23. The SMILES string of the molecule is CNc1cc(C(=O)N2CC(C)N(C)C(C)C2)c(Cl)cn1. The maximum Gasteiger partial charge on any atom is 0.255 e. The minimum absolute atomic E-state index is 0.0271. The van der Waals surface area contributed by atoms with Crippen molar-refractivity contribution < 1.29 is 4.79 Å². The lowest BCUT2D eigenvalue weighted by Crippen LogP contribution is -2.56. The Bertz CT molecular complexity index is 496. The first kappa shape index (κ1) is 15.1. The number of piperazine rings is 1. The Morgan fingerprint density at radius 2 is 2.00 bits per heavy atom. The van der Waals surface area contributed by atoms with Gasteiger partial charge in [-0.2, -0.15) is 0 Å². The number of hydrogen-bond acceptors (Lipinski definition) is 4. The van der Waals surface area contributed by atoms with Crippen LogP contribution in [0.4, 0.5) is 5.82 Å². The molecule has 2 unspecified atom stereocenters. The molecule has 1 amide bonds. The molecule has 0 aliphatic carbocycles. The van der Waals surface area contributed by atoms with Gasteiger partial charge in [-0.3, -0.25) is 9.69 Å². The summed E-state index contributed by atoms with van der Waals surface area (Å²) in [5.41, 5.74) is 0.509. The first-order valence-electron chi connectivity index (χ1n) is 6.78. The van der Waals surface area contributed by atoms with Crippen LogP contribution in [0.2, 0.25) is 5.02 Å². The molecule has 20 heavy (non-hydrogen) atoms. The Morgan fingerprint density at radius 3 is 2.55 bits per heavy atom. The van der Waals surface area contributed by atoms with Crippen LogP contribution in [0.25, 0.3) is 0 Å². The lowest BCUT2D eigenvalue weighted by Gasteiger charge is -2.42. The highest BCUT2D eigenvalue weighted by Gasteiger charge is 2.30. The van der Waals surface area contributed by atoms with Gasteiger partial charge < -0.3 is 10.2 Å². The highest BCUT2D eigenvalue weighted by Crippen LogP contribution is 2.22. The number of nitrogens with zero attached hydrogens (tertiary/aromatic N) is 3. The molecule has 1 aliphatic heterocycles. The Morgan fingerprint density at radius 1 is 1.40 bits per heavy atom. The molecule has 6 heteroatoms. The second-order valence-electron chi connectivity index (χ2n) is 5.37. The second kappa shape index (κ2) is 5.97. The van der Waals surface area contributed by atoms with E-state index in [2.05, 4.69) is 36.1 Å². The van der Waals surface area contributed by atoms with E-state index in [1.54, 1.807) is 13.1 Å². The van der Waals surface area contributed by atoms with E-state index in [4.69, 9.17) is 11.6 Å². The number of amides is 1. The summed E-state index contributed by atoms with van der Waals surface area (Å²) in [5.74, 6) is 0.619. The van der Waals surface area contributed by atoms with Crippen molar-refractivity contribution in [1.29, 1.82) is 0 Å². The third-order valence-electron chi connectivity index (χ3n) is 3.99. The summed E-state index contributed by atoms with van der Waals surface area (Å²) < 4.78 is 0. The summed E-state index contributed by atoms with van der Waals surface area (Å²) in [7, 11) is 3.86. The minimum Gasteiger partial charge on any atom is -0.373 e. The number of rotatable bonds is 2. The molecule has 110 valence electrons. The molecule has 2 heterocycles. The fourth-order valence-electron chi connectivity index (χ4n) is 2.48. The number of likely N-dealkylation sites (N-methyl/N-ethyl adjacent to an activating group) is 1. The number of anilines is 1. The molecule has 0 spiro atoms. The summed E-state index contributed by atoms with van der Waals surface area (Å²) in [6.45, 7) is 5.69. The minimum atomic E-state index is -0.0271. The van der Waals surface area contributed by atoms with Crippen molar-refractivity contribution in [3.8, 4) is 0 Å². The van der Waals surface area contributed by atoms with Crippen LogP contribution in [-0.4, -0.2) is 60.0 Å². The monoisotopic (exact) mass is 296 g/mol. The third-order valence-corrected chi connectivity index (χ3v) is 4.29. The Hall–Kier alpha value is -1.33. The summed E-state index contributed by atoms with van der Waals surface area (Å²) in [4.78, 5) is 20.9. The van der Waals surface area contributed by atoms with Crippen molar-refractivity contribution in [1.82, 2.24) is 14.8 Å². The lowest BCUT2D eigenvalue weighted by molar-refractivity contribution is 0.0414. The van der Waals surface area contributed by atoms with E-state index in [-0.39, 0.29) is 5.91 Å². The van der Waals surface area contributed by atoms with Gasteiger partial charge in [0.25, 0.3) is 5.91 Å². The molecular weight excluding hydrogens is 276 g/mol. The number of aromatic nitrogens is 1. The van der Waals surface area contributed by atoms with Crippen molar-refractivity contribution in [2.45, 2.75) is 25.9 Å². The van der Waals surface area contributed by atoms with Crippen molar-refractivity contribution >= 4 is 23.3 Å². The largest absolute Gasteiger partial charge is 0.373 e. The van der Waals surface area contributed by atoms with Crippen molar-refractivity contribution in [3.63, 3.8) is 0 Å². The molecule has 0 bridgehead atoms. The Kier molecular flexibility index (Phi) is 4.50. The molecule has 1 aromatic heterocycles. The van der Waals surface area contributed by atoms with Crippen LogP contribution < -0.4 is 5.32 Å². The number of carbonyl (C=O) groups is 1. The highest BCUT2D eigenvalue weighted by molar-refractivity contribution is 6.33. The summed E-state index contributed by atoms with van der Waals surface area (Å²) in [6, 6.07) is 2.39. The lowest BCUT2D eigenvalue weighted by atomic mass is 10.1. The molecule has 1 aliphatic rings. The zero-order valence-electron chi connectivity index (χ0n) is 12.4. The molecule has 5 nitrogen and oxygen atoms in total. The highest BCUT2D eigenvalue weighted by atomic mass is 35.5. The molecule has 0 saturated carbocycles. The fourth-order valence-corrected chi connectivity index (χ4v) is 2.66. The normalized spacial score (nSPS) is 23.8. The van der Waals surface area contributed by atoms with E-state index in [0.29, 0.717) is 41.6 Å². The van der Waals surface area contributed by atoms with Crippen LogP contribution in [0.15, 0.2) is 12.3 Å². The smallest absolute Gasteiger partial charge is 0.255 e. The van der Waals surface area contributed by atoms with Crippen LogP contribution in [0.5, 0.6) is 0 Å². The van der Waals surface area contributed by atoms with E-state index in [1.807, 2.05) is 4.90 Å². The van der Waals surface area contributed by atoms with Gasteiger partial charge in [-0.05, 0) is 27.0 Å². The topological polar surface area (TPSA) is 48.5 Å². The molecule has 1 fully saturated rings. The van der Waals surface area contributed by atoms with E-state index in [9.17, 15) is 4.79 Å². The zero-order valence-corrected chi connectivity index (χ0v) is 13.1. The standard InChI is InChI=1S/C14H21ClN4O/c1-9-7-19(8-10(2)18(9)4)14(20)11-5-13(16-3)17-6-12(11)15/h5-6,9-10H,7-8H2,1-4H3,(H,16,17). The van der Waals surface area contributed by atoms with Gasteiger partial charge in [-0.1, -0.05) is 11.6 Å². The van der Waals surface area contributed by atoms with Gasteiger partial charge in [0.1, 0.15) is 5.82 Å². The van der Waals surface area contributed by atoms with Crippen LogP contribution in [0.1, 0.15) is 24.2 Å². The molecule has 1 aromatic rings. The van der Waals surface area contributed by atoms with Crippen molar-refractivity contribution in [2.24, 2.45) is 0 Å². The maximum atomic E-state index is 12.7. The summed E-state index contributed by atoms with van der Waals surface area (Å²) in [5, 5.41) is 3.32. The molecule has 0 radical (unpaired) electrons. The third kappa shape index (κ3) is 2.88. The van der Waals surface area contributed by atoms with Gasteiger partial charge in [-0.25, -0.2) is 4.98 Å². The van der Waals surface area contributed by atoms with Gasteiger partial charge in [0.2, 0.25) is 0 Å². The van der Waals surface area contributed by atoms with Crippen LogP contribution in [-0.2, 0) is 0 Å². The van der Waals surface area contributed by atoms with E-state index in [1.165, 1.54) is 6.20 Å². The molecule has 1 N–H and O–H groups in total. The first-order valence-corrected chi connectivity index (χ1v) is 7.16. The Labute approximate surface area is 124 Å². The van der Waals surface area contributed by atoms with Gasteiger partial charge >= 0.3 is 0 Å². The quantitative estimate of drug-likeness (QED) is 0.906. The molecular formula is C14H21ClN4O.